The number of rotatable bonds is 8. The van der Waals surface area contributed by atoms with E-state index in [0.717, 1.165) is 26.5 Å². The molecular formula is C31H28ClN3O5S2. The molecule has 4 aromatic carbocycles. The number of piperazine rings is 1. The Morgan fingerprint density at radius 2 is 1.60 bits per heavy atom. The highest BCUT2D eigenvalue weighted by molar-refractivity contribution is 7.98. The first-order chi connectivity index (χ1) is 20.3. The largest absolute Gasteiger partial charge is 0.444 e. The Kier molecular flexibility index (Phi) is 9.18. The van der Waals surface area contributed by atoms with Gasteiger partial charge in [0.25, 0.3) is 5.91 Å². The van der Waals surface area contributed by atoms with Gasteiger partial charge in [-0.1, -0.05) is 72.3 Å². The summed E-state index contributed by atoms with van der Waals surface area (Å²) in [4.78, 5) is 30.7. The van der Waals surface area contributed by atoms with Crippen LogP contribution in [-0.4, -0.2) is 50.8 Å². The second kappa shape index (κ2) is 13.0. The molecule has 0 saturated carbocycles. The Balaban J connectivity index is 1.41. The fourth-order valence-corrected chi connectivity index (χ4v) is 6.53. The minimum Gasteiger partial charge on any atom is -0.444 e. The van der Waals surface area contributed by atoms with Crippen molar-refractivity contribution in [2.75, 3.05) is 24.2 Å². The van der Waals surface area contributed by atoms with Gasteiger partial charge in [-0.05, 0) is 65.4 Å². The molecule has 0 bridgehead atoms. The molecule has 1 N–H and O–H groups in total. The van der Waals surface area contributed by atoms with Crippen molar-refractivity contribution in [1.29, 1.82) is 0 Å². The molecule has 1 unspecified atom stereocenters. The Morgan fingerprint density at radius 3 is 2.29 bits per heavy atom. The third-order valence-electron chi connectivity index (χ3n) is 6.80. The van der Waals surface area contributed by atoms with Gasteiger partial charge in [0, 0.05) is 28.7 Å². The summed E-state index contributed by atoms with van der Waals surface area (Å²) in [6, 6.07) is 30.2. The van der Waals surface area contributed by atoms with Crippen LogP contribution in [0.15, 0.2) is 113 Å². The normalized spacial score (nSPS) is 15.5. The van der Waals surface area contributed by atoms with Gasteiger partial charge in [0.15, 0.2) is 6.17 Å². The first-order valence-electron chi connectivity index (χ1n) is 13.1. The van der Waals surface area contributed by atoms with E-state index in [1.54, 1.807) is 23.9 Å². The Hall–Kier alpha value is -3.83. The van der Waals surface area contributed by atoms with Gasteiger partial charge < -0.3 is 9.64 Å². The predicted molar refractivity (Wildman–Crippen MR) is 165 cm³/mol. The number of halogens is 1. The molecule has 1 aliphatic heterocycles. The summed E-state index contributed by atoms with van der Waals surface area (Å²) in [6.07, 6.45) is -0.319. The minimum absolute atomic E-state index is 0.0241. The summed E-state index contributed by atoms with van der Waals surface area (Å²) in [5.74, 6) is -0.604. The third-order valence-corrected chi connectivity index (χ3v) is 9.28. The minimum atomic E-state index is -4.21. The van der Waals surface area contributed by atoms with Gasteiger partial charge >= 0.3 is 6.09 Å². The van der Waals surface area contributed by atoms with E-state index in [1.165, 1.54) is 29.2 Å². The fourth-order valence-electron chi connectivity index (χ4n) is 4.63. The van der Waals surface area contributed by atoms with Crippen LogP contribution in [0.2, 0.25) is 5.02 Å². The van der Waals surface area contributed by atoms with Crippen molar-refractivity contribution in [2.45, 2.75) is 22.6 Å². The van der Waals surface area contributed by atoms with Gasteiger partial charge in [-0.25, -0.2) is 13.2 Å². The Bertz CT molecular complexity index is 1670. The molecule has 11 heteroatoms. The van der Waals surface area contributed by atoms with E-state index < -0.39 is 28.2 Å². The number of thioether (sulfide) groups is 1. The van der Waals surface area contributed by atoms with Crippen LogP contribution < -0.4 is 9.62 Å². The van der Waals surface area contributed by atoms with Crippen LogP contribution in [0.5, 0.6) is 0 Å². The van der Waals surface area contributed by atoms with Crippen LogP contribution >= 0.6 is 23.4 Å². The lowest BCUT2D eigenvalue weighted by atomic mass is 10.0. The van der Waals surface area contributed by atoms with Gasteiger partial charge in [0.2, 0.25) is 10.0 Å². The van der Waals surface area contributed by atoms with E-state index in [0.29, 0.717) is 10.7 Å². The van der Waals surface area contributed by atoms with Gasteiger partial charge in [-0.2, -0.15) is 4.72 Å². The second-order valence-electron chi connectivity index (χ2n) is 9.45. The summed E-state index contributed by atoms with van der Waals surface area (Å²) in [5.41, 5.74) is 3.40. The number of benzene rings is 4. The number of amides is 2. The molecule has 0 aliphatic carbocycles. The number of hydrogen-bond acceptors (Lipinski definition) is 6. The summed E-state index contributed by atoms with van der Waals surface area (Å²) < 4.78 is 34.5. The summed E-state index contributed by atoms with van der Waals surface area (Å²) in [7, 11) is -4.21. The van der Waals surface area contributed by atoms with E-state index >= 15 is 0 Å². The van der Waals surface area contributed by atoms with E-state index in [1.807, 2.05) is 73.0 Å². The van der Waals surface area contributed by atoms with Crippen molar-refractivity contribution in [1.82, 2.24) is 9.62 Å². The van der Waals surface area contributed by atoms with Gasteiger partial charge in [-0.15, -0.1) is 11.8 Å². The molecule has 1 fully saturated rings. The number of ether oxygens (including phenoxy) is 1. The number of hydrogen-bond donors (Lipinski definition) is 1. The number of nitrogens with zero attached hydrogens (tertiary/aromatic N) is 2. The van der Waals surface area contributed by atoms with E-state index in [-0.39, 0.29) is 24.6 Å². The molecule has 1 atom stereocenters. The summed E-state index contributed by atoms with van der Waals surface area (Å²) >= 11 is 7.58. The Labute approximate surface area is 254 Å². The number of carbonyl (C=O) groups excluding carboxylic acids is 2. The molecule has 0 spiro atoms. The standard InChI is InChI=1S/C31H28ClN3O5S2/c1-41-28-10-6-5-9-27(28)23-11-15-25(16-12-23)34-19-20-35(31(37)40-21-22-7-3-2-4-8-22)29(30(34)36)33-42(38,39)26-17-13-24(32)14-18-26/h2-18,29,33H,19-21H2,1H3. The molecule has 1 saturated heterocycles. The molecule has 1 aliphatic rings. The molecule has 216 valence electrons. The van der Waals surface area contributed by atoms with Crippen molar-refractivity contribution in [3.8, 4) is 11.1 Å². The van der Waals surface area contributed by atoms with Crippen molar-refractivity contribution in [3.05, 3.63) is 114 Å². The SMILES string of the molecule is CSc1ccccc1-c1ccc(N2CCN(C(=O)OCc3ccccc3)C(NS(=O)(=O)c3ccc(Cl)cc3)C2=O)cc1. The highest BCUT2D eigenvalue weighted by atomic mass is 35.5. The number of sulfonamides is 1. The first-order valence-corrected chi connectivity index (χ1v) is 16.2. The van der Waals surface area contributed by atoms with Gasteiger partial charge in [0.05, 0.1) is 4.90 Å². The quantitative estimate of drug-likeness (QED) is 0.242. The molecule has 5 rings (SSSR count). The van der Waals surface area contributed by atoms with Gasteiger partial charge in [0.1, 0.15) is 6.61 Å². The van der Waals surface area contributed by atoms with E-state index in [2.05, 4.69) is 4.72 Å². The van der Waals surface area contributed by atoms with Crippen molar-refractivity contribution >= 4 is 51.1 Å². The smallest absolute Gasteiger partial charge is 0.411 e. The molecule has 0 aromatic heterocycles. The van der Waals surface area contributed by atoms with Gasteiger partial charge in [-0.3, -0.25) is 9.69 Å². The first kappa shape index (κ1) is 29.7. The van der Waals surface area contributed by atoms with Crippen LogP contribution in [0, 0.1) is 0 Å². The zero-order chi connectivity index (χ0) is 29.7. The summed E-state index contributed by atoms with van der Waals surface area (Å²) in [6.45, 7) is 0.174. The maximum Gasteiger partial charge on any atom is 0.411 e. The highest BCUT2D eigenvalue weighted by Crippen LogP contribution is 2.32. The van der Waals surface area contributed by atoms with E-state index in [4.69, 9.17) is 16.3 Å². The highest BCUT2D eigenvalue weighted by Gasteiger charge is 2.41. The average Bonchev–Trinajstić information content (AvgIpc) is 3.01. The lowest BCUT2D eigenvalue weighted by Gasteiger charge is -2.39. The fraction of sp³-hybridized carbons (Fsp3) is 0.161. The number of anilines is 1. The third kappa shape index (κ3) is 6.63. The van der Waals surface area contributed by atoms with Crippen LogP contribution in [0.4, 0.5) is 10.5 Å². The molecule has 0 radical (unpaired) electrons. The van der Waals surface area contributed by atoms with Crippen molar-refractivity contribution in [3.63, 3.8) is 0 Å². The van der Waals surface area contributed by atoms with Crippen LogP contribution in [0.1, 0.15) is 5.56 Å². The zero-order valence-electron chi connectivity index (χ0n) is 22.6. The lowest BCUT2D eigenvalue weighted by molar-refractivity contribution is -0.125. The van der Waals surface area contributed by atoms with Crippen LogP contribution in [-0.2, 0) is 26.2 Å². The number of carbonyl (C=O) groups is 2. The maximum atomic E-state index is 13.9. The Morgan fingerprint density at radius 1 is 0.929 bits per heavy atom. The molecule has 1 heterocycles. The monoisotopic (exact) mass is 621 g/mol. The van der Waals surface area contributed by atoms with Crippen molar-refractivity contribution in [2.24, 2.45) is 0 Å². The topological polar surface area (TPSA) is 96.0 Å². The van der Waals surface area contributed by atoms with Crippen molar-refractivity contribution < 1.29 is 22.7 Å². The molecule has 2 amide bonds. The number of nitrogens with one attached hydrogen (secondary N) is 1. The summed E-state index contributed by atoms with van der Waals surface area (Å²) in [5, 5.41) is 0.364. The van der Waals surface area contributed by atoms with E-state index in [9.17, 15) is 18.0 Å². The van der Waals surface area contributed by atoms with Crippen LogP contribution in [0.25, 0.3) is 11.1 Å². The molecular weight excluding hydrogens is 594 g/mol. The lowest BCUT2D eigenvalue weighted by Crippen LogP contribution is -2.65. The maximum absolute atomic E-state index is 13.9. The molecule has 4 aromatic rings. The second-order valence-corrected chi connectivity index (χ2v) is 12.4. The predicted octanol–water partition coefficient (Wildman–Crippen LogP) is 6.02. The molecule has 42 heavy (non-hydrogen) atoms. The zero-order valence-corrected chi connectivity index (χ0v) is 25.0. The van der Waals surface area contributed by atoms with Crippen LogP contribution in [0.3, 0.4) is 0 Å². The average molecular weight is 622 g/mol. The molecule has 8 nitrogen and oxygen atoms in total.